The van der Waals surface area contributed by atoms with E-state index in [9.17, 15) is 18.3 Å². The SMILES string of the molecule is CN1CCC(Nc2nnc(-c3ccc(C(F)(F)F)cc3O)c3ccncc23)CC1. The van der Waals surface area contributed by atoms with Gasteiger partial charge < -0.3 is 15.3 Å². The number of nitrogens with zero attached hydrogens (tertiary/aromatic N) is 4. The summed E-state index contributed by atoms with van der Waals surface area (Å²) in [5.74, 6) is 0.0843. The normalized spacial score (nSPS) is 16.3. The molecule has 0 bridgehead atoms. The van der Waals surface area contributed by atoms with Crippen molar-refractivity contribution in [3.05, 3.63) is 42.2 Å². The van der Waals surface area contributed by atoms with E-state index in [2.05, 4.69) is 32.4 Å². The van der Waals surface area contributed by atoms with Crippen LogP contribution in [0.1, 0.15) is 18.4 Å². The van der Waals surface area contributed by atoms with E-state index >= 15 is 0 Å². The number of phenolic OH excluding ortho intramolecular Hbond substituents is 1. The minimum absolute atomic E-state index is 0.188. The van der Waals surface area contributed by atoms with Crippen molar-refractivity contribution in [1.29, 1.82) is 0 Å². The van der Waals surface area contributed by atoms with Crippen LogP contribution in [0.15, 0.2) is 36.7 Å². The van der Waals surface area contributed by atoms with Gasteiger partial charge in [0.05, 0.1) is 5.56 Å². The van der Waals surface area contributed by atoms with Gasteiger partial charge in [0.15, 0.2) is 5.82 Å². The maximum Gasteiger partial charge on any atom is 0.416 e. The van der Waals surface area contributed by atoms with Gasteiger partial charge in [0.1, 0.15) is 11.4 Å². The molecule has 3 aromatic rings. The summed E-state index contributed by atoms with van der Waals surface area (Å²) in [6.45, 7) is 1.97. The zero-order valence-corrected chi connectivity index (χ0v) is 15.7. The Morgan fingerprint density at radius 3 is 2.55 bits per heavy atom. The highest BCUT2D eigenvalue weighted by Crippen LogP contribution is 2.38. The van der Waals surface area contributed by atoms with Crippen molar-refractivity contribution in [2.24, 2.45) is 0 Å². The molecule has 0 spiro atoms. The topological polar surface area (TPSA) is 74.2 Å². The van der Waals surface area contributed by atoms with Crippen LogP contribution in [-0.4, -0.2) is 51.4 Å². The fourth-order valence-corrected chi connectivity index (χ4v) is 3.56. The fraction of sp³-hybridized carbons (Fsp3) is 0.350. The van der Waals surface area contributed by atoms with Crippen LogP contribution in [0.25, 0.3) is 22.0 Å². The molecule has 2 N–H and O–H groups in total. The molecule has 2 aromatic heterocycles. The first kappa shape index (κ1) is 19.4. The van der Waals surface area contributed by atoms with Crippen LogP contribution < -0.4 is 5.32 Å². The Kier molecular flexibility index (Phi) is 4.99. The summed E-state index contributed by atoms with van der Waals surface area (Å²) < 4.78 is 38.7. The third-order valence-corrected chi connectivity index (χ3v) is 5.22. The monoisotopic (exact) mass is 403 g/mol. The Morgan fingerprint density at radius 2 is 1.86 bits per heavy atom. The highest BCUT2D eigenvalue weighted by molar-refractivity contribution is 6.00. The number of phenols is 1. The average Bonchev–Trinajstić information content (AvgIpc) is 2.69. The molecular formula is C20H20F3N5O. The molecule has 0 unspecified atom stereocenters. The summed E-state index contributed by atoms with van der Waals surface area (Å²) >= 11 is 0. The molecule has 4 rings (SSSR count). The number of nitrogens with one attached hydrogen (secondary N) is 1. The quantitative estimate of drug-likeness (QED) is 0.691. The summed E-state index contributed by atoms with van der Waals surface area (Å²) in [7, 11) is 2.08. The van der Waals surface area contributed by atoms with Gasteiger partial charge in [-0.05, 0) is 57.2 Å². The average molecular weight is 403 g/mol. The number of alkyl halides is 3. The number of rotatable bonds is 3. The molecule has 0 saturated carbocycles. The molecule has 0 radical (unpaired) electrons. The van der Waals surface area contributed by atoms with Gasteiger partial charge in [-0.3, -0.25) is 4.98 Å². The molecular weight excluding hydrogens is 383 g/mol. The number of hydrogen-bond donors (Lipinski definition) is 2. The minimum Gasteiger partial charge on any atom is -0.507 e. The number of halogens is 3. The molecule has 0 atom stereocenters. The number of benzene rings is 1. The van der Waals surface area contributed by atoms with Gasteiger partial charge in [-0.1, -0.05) is 0 Å². The van der Waals surface area contributed by atoms with E-state index in [1.807, 2.05) is 0 Å². The van der Waals surface area contributed by atoms with E-state index in [0.717, 1.165) is 32.0 Å². The van der Waals surface area contributed by atoms with E-state index in [1.54, 1.807) is 18.5 Å². The summed E-state index contributed by atoms with van der Waals surface area (Å²) in [6, 6.07) is 4.82. The van der Waals surface area contributed by atoms with Crippen LogP contribution in [0.5, 0.6) is 5.75 Å². The number of aromatic hydroxyl groups is 1. The number of aromatic nitrogens is 3. The zero-order chi connectivity index (χ0) is 20.6. The largest absolute Gasteiger partial charge is 0.507 e. The second kappa shape index (κ2) is 7.47. The lowest BCUT2D eigenvalue weighted by Gasteiger charge is -2.30. The van der Waals surface area contributed by atoms with Crippen LogP contribution in [0, 0.1) is 0 Å². The first-order chi connectivity index (χ1) is 13.8. The molecule has 1 saturated heterocycles. The number of hydrogen-bond acceptors (Lipinski definition) is 6. The van der Waals surface area contributed by atoms with Crippen molar-refractivity contribution in [2.45, 2.75) is 25.1 Å². The number of piperidine rings is 1. The van der Waals surface area contributed by atoms with Crippen molar-refractivity contribution >= 4 is 16.6 Å². The molecule has 1 aliphatic heterocycles. The van der Waals surface area contributed by atoms with E-state index < -0.39 is 17.5 Å². The van der Waals surface area contributed by atoms with Gasteiger partial charge in [0.2, 0.25) is 0 Å². The first-order valence-corrected chi connectivity index (χ1v) is 9.29. The highest BCUT2D eigenvalue weighted by Gasteiger charge is 2.31. The Bertz CT molecular complexity index is 1030. The fourth-order valence-electron chi connectivity index (χ4n) is 3.56. The van der Waals surface area contributed by atoms with Crippen molar-refractivity contribution in [1.82, 2.24) is 20.1 Å². The van der Waals surface area contributed by atoms with E-state index in [1.165, 1.54) is 6.07 Å². The predicted octanol–water partition coefficient (Wildman–Crippen LogP) is 3.92. The Morgan fingerprint density at radius 1 is 1.10 bits per heavy atom. The van der Waals surface area contributed by atoms with Gasteiger partial charge in [-0.15, -0.1) is 10.2 Å². The van der Waals surface area contributed by atoms with E-state index in [0.29, 0.717) is 28.4 Å². The lowest BCUT2D eigenvalue weighted by atomic mass is 10.0. The van der Waals surface area contributed by atoms with Crippen molar-refractivity contribution in [3.63, 3.8) is 0 Å². The number of pyridine rings is 1. The van der Waals surface area contributed by atoms with Crippen LogP contribution in [0.3, 0.4) is 0 Å². The summed E-state index contributed by atoms with van der Waals surface area (Å²) in [5, 5.41) is 23.5. The van der Waals surface area contributed by atoms with Gasteiger partial charge in [-0.2, -0.15) is 13.2 Å². The van der Waals surface area contributed by atoms with Crippen molar-refractivity contribution < 1.29 is 18.3 Å². The molecule has 0 aliphatic carbocycles. The van der Waals surface area contributed by atoms with Crippen LogP contribution in [0.2, 0.25) is 0 Å². The number of fused-ring (bicyclic) bond motifs is 1. The Hall–Kier alpha value is -2.94. The first-order valence-electron chi connectivity index (χ1n) is 9.29. The summed E-state index contributed by atoms with van der Waals surface area (Å²) in [6.07, 6.45) is 0.637. The maximum atomic E-state index is 12.9. The second-order valence-corrected chi connectivity index (χ2v) is 7.27. The maximum absolute atomic E-state index is 12.9. The Balaban J connectivity index is 1.72. The molecule has 0 amide bonds. The molecule has 3 heterocycles. The van der Waals surface area contributed by atoms with Crippen molar-refractivity contribution in [3.8, 4) is 17.0 Å². The molecule has 1 aliphatic rings. The number of likely N-dealkylation sites (tertiary alicyclic amines) is 1. The van der Waals surface area contributed by atoms with Gasteiger partial charge in [0.25, 0.3) is 0 Å². The number of anilines is 1. The van der Waals surface area contributed by atoms with Gasteiger partial charge >= 0.3 is 6.18 Å². The smallest absolute Gasteiger partial charge is 0.416 e. The lowest BCUT2D eigenvalue weighted by molar-refractivity contribution is -0.137. The van der Waals surface area contributed by atoms with Gasteiger partial charge in [0, 0.05) is 34.8 Å². The molecule has 152 valence electrons. The predicted molar refractivity (Wildman–Crippen MR) is 104 cm³/mol. The molecule has 29 heavy (non-hydrogen) atoms. The lowest BCUT2D eigenvalue weighted by Crippen LogP contribution is -2.37. The van der Waals surface area contributed by atoms with E-state index in [4.69, 9.17) is 0 Å². The second-order valence-electron chi connectivity index (χ2n) is 7.27. The third-order valence-electron chi connectivity index (χ3n) is 5.22. The van der Waals surface area contributed by atoms with Crippen molar-refractivity contribution in [2.75, 3.05) is 25.5 Å². The minimum atomic E-state index is -4.53. The van der Waals surface area contributed by atoms with E-state index in [-0.39, 0.29) is 11.6 Å². The molecule has 1 fully saturated rings. The zero-order valence-electron chi connectivity index (χ0n) is 15.7. The molecule has 6 nitrogen and oxygen atoms in total. The van der Waals surface area contributed by atoms with Crippen LogP contribution in [-0.2, 0) is 6.18 Å². The molecule has 1 aromatic carbocycles. The summed E-state index contributed by atoms with van der Waals surface area (Å²) in [5.41, 5.74) is -0.423. The van der Waals surface area contributed by atoms with Crippen LogP contribution >= 0.6 is 0 Å². The summed E-state index contributed by atoms with van der Waals surface area (Å²) in [4.78, 5) is 6.42. The van der Waals surface area contributed by atoms with Crippen LogP contribution in [0.4, 0.5) is 19.0 Å². The highest BCUT2D eigenvalue weighted by atomic mass is 19.4. The molecule has 9 heteroatoms. The van der Waals surface area contributed by atoms with Gasteiger partial charge in [-0.25, -0.2) is 0 Å². The Labute approximate surface area is 165 Å². The third kappa shape index (κ3) is 3.95. The standard InChI is InChI=1S/C20H20F3N5O/c1-28-8-5-13(6-9-28)25-19-16-11-24-7-4-14(16)18(26-27-19)15-3-2-12(10-17(15)29)20(21,22)23/h2-4,7,10-11,13,29H,5-6,8-9H2,1H3,(H,25,27).